The van der Waals surface area contributed by atoms with Gasteiger partial charge in [-0.2, -0.15) is 0 Å². The Balaban J connectivity index is 1.75. The van der Waals surface area contributed by atoms with E-state index in [2.05, 4.69) is 25.3 Å². The van der Waals surface area contributed by atoms with Gasteiger partial charge in [0, 0.05) is 5.69 Å². The van der Waals surface area contributed by atoms with Gasteiger partial charge in [0.05, 0.1) is 28.5 Å². The summed E-state index contributed by atoms with van der Waals surface area (Å²) in [6.07, 6.45) is 3.62. The minimum atomic E-state index is -0.471. The molecule has 0 bridgehead atoms. The van der Waals surface area contributed by atoms with Crippen LogP contribution < -0.4 is 10.9 Å². The molecule has 5 rings (SSSR count). The molecule has 160 valence electrons. The third-order valence-corrected chi connectivity index (χ3v) is 5.72. The molecule has 32 heavy (non-hydrogen) atoms. The van der Waals surface area contributed by atoms with Gasteiger partial charge in [0.15, 0.2) is 11.5 Å². The second-order valence-corrected chi connectivity index (χ2v) is 7.73. The summed E-state index contributed by atoms with van der Waals surface area (Å²) in [6, 6.07) is 12.9. The molecule has 0 aliphatic heterocycles. The quantitative estimate of drug-likeness (QED) is 0.394. The SMILES string of the molecule is CCC(Nc1ncnc2nc[nH]c12)c1cc2ccc(F)cc2c(=O)n1-c1ccccc1Cl. The minimum absolute atomic E-state index is 0.279. The first-order valence-electron chi connectivity index (χ1n) is 10.1. The number of hydrogen-bond donors (Lipinski definition) is 2. The highest BCUT2D eigenvalue weighted by atomic mass is 35.5. The predicted octanol–water partition coefficient (Wildman–Crippen LogP) is 5.01. The Labute approximate surface area is 186 Å². The molecule has 0 fully saturated rings. The maximum absolute atomic E-state index is 14.0. The number of imidazole rings is 1. The molecule has 7 nitrogen and oxygen atoms in total. The zero-order valence-corrected chi connectivity index (χ0v) is 17.8. The molecule has 5 aromatic rings. The fourth-order valence-electron chi connectivity index (χ4n) is 3.86. The van der Waals surface area contributed by atoms with Gasteiger partial charge in [0.25, 0.3) is 5.56 Å². The number of pyridine rings is 1. The number of anilines is 1. The van der Waals surface area contributed by atoms with Gasteiger partial charge in [-0.25, -0.2) is 19.3 Å². The Bertz CT molecular complexity index is 1510. The van der Waals surface area contributed by atoms with Gasteiger partial charge in [-0.05, 0) is 42.1 Å². The summed E-state index contributed by atoms with van der Waals surface area (Å²) in [4.78, 5) is 29.3. The van der Waals surface area contributed by atoms with Crippen molar-refractivity contribution in [1.29, 1.82) is 0 Å². The van der Waals surface area contributed by atoms with E-state index in [1.54, 1.807) is 36.7 Å². The number of rotatable bonds is 5. The molecule has 2 N–H and O–H groups in total. The summed E-state index contributed by atoms with van der Waals surface area (Å²) in [5.74, 6) is 0.0950. The van der Waals surface area contributed by atoms with Crippen molar-refractivity contribution in [2.75, 3.05) is 5.32 Å². The number of benzene rings is 2. The third kappa shape index (κ3) is 3.38. The van der Waals surface area contributed by atoms with Crippen LogP contribution in [0.25, 0.3) is 27.6 Å². The number of fused-ring (bicyclic) bond motifs is 2. The van der Waals surface area contributed by atoms with Gasteiger partial charge >= 0.3 is 0 Å². The first-order chi connectivity index (χ1) is 15.6. The Morgan fingerprint density at radius 1 is 1.16 bits per heavy atom. The molecule has 0 aliphatic carbocycles. The third-order valence-electron chi connectivity index (χ3n) is 5.40. The highest BCUT2D eigenvalue weighted by molar-refractivity contribution is 6.32. The maximum atomic E-state index is 14.0. The molecule has 1 unspecified atom stereocenters. The number of halogens is 2. The maximum Gasteiger partial charge on any atom is 0.263 e. The Morgan fingerprint density at radius 3 is 2.81 bits per heavy atom. The molecular weight excluding hydrogens is 431 g/mol. The van der Waals surface area contributed by atoms with Crippen LogP contribution in [0, 0.1) is 5.82 Å². The van der Waals surface area contributed by atoms with E-state index in [1.165, 1.54) is 23.0 Å². The summed E-state index contributed by atoms with van der Waals surface area (Å²) in [6.45, 7) is 2.00. The number of hydrogen-bond acceptors (Lipinski definition) is 5. The second-order valence-electron chi connectivity index (χ2n) is 7.32. The molecule has 1 atom stereocenters. The van der Waals surface area contributed by atoms with Crippen molar-refractivity contribution in [1.82, 2.24) is 24.5 Å². The normalized spacial score (nSPS) is 12.3. The van der Waals surface area contributed by atoms with Crippen LogP contribution in [-0.4, -0.2) is 24.5 Å². The summed E-state index contributed by atoms with van der Waals surface area (Å²) in [7, 11) is 0. The average molecular weight is 449 g/mol. The minimum Gasteiger partial charge on any atom is -0.360 e. The van der Waals surface area contributed by atoms with Crippen LogP contribution in [0.2, 0.25) is 5.02 Å². The highest BCUT2D eigenvalue weighted by Crippen LogP contribution is 2.30. The van der Waals surface area contributed by atoms with Crippen LogP contribution in [0.5, 0.6) is 0 Å². The van der Waals surface area contributed by atoms with E-state index < -0.39 is 5.82 Å². The second kappa shape index (κ2) is 8.05. The van der Waals surface area contributed by atoms with E-state index in [4.69, 9.17) is 11.6 Å². The van der Waals surface area contributed by atoms with Crippen molar-refractivity contribution < 1.29 is 4.39 Å². The molecule has 0 aliphatic rings. The van der Waals surface area contributed by atoms with Gasteiger partial charge in [0.2, 0.25) is 0 Å². The number of nitrogens with one attached hydrogen (secondary N) is 2. The van der Waals surface area contributed by atoms with Crippen molar-refractivity contribution in [3.05, 3.63) is 88.1 Å². The van der Waals surface area contributed by atoms with Crippen LogP contribution in [0.1, 0.15) is 25.1 Å². The van der Waals surface area contributed by atoms with Crippen LogP contribution >= 0.6 is 11.6 Å². The molecule has 0 saturated heterocycles. The van der Waals surface area contributed by atoms with Crippen molar-refractivity contribution in [3.8, 4) is 5.69 Å². The molecule has 0 amide bonds. The molecule has 9 heteroatoms. The number of aromatic nitrogens is 5. The van der Waals surface area contributed by atoms with Crippen molar-refractivity contribution >= 4 is 39.4 Å². The molecule has 2 aromatic carbocycles. The van der Waals surface area contributed by atoms with Crippen LogP contribution in [0.15, 0.2) is 66.0 Å². The van der Waals surface area contributed by atoms with E-state index in [0.29, 0.717) is 45.2 Å². The molecule has 0 radical (unpaired) electrons. The smallest absolute Gasteiger partial charge is 0.263 e. The Kier molecular flexibility index (Phi) is 5.07. The number of para-hydroxylation sites is 1. The van der Waals surface area contributed by atoms with Crippen molar-refractivity contribution in [2.45, 2.75) is 19.4 Å². The fraction of sp³-hybridized carbons (Fsp3) is 0.130. The van der Waals surface area contributed by atoms with Gasteiger partial charge in [-0.15, -0.1) is 0 Å². The number of nitrogens with zero attached hydrogens (tertiary/aromatic N) is 4. The molecule has 3 heterocycles. The lowest BCUT2D eigenvalue weighted by Crippen LogP contribution is -2.27. The largest absolute Gasteiger partial charge is 0.360 e. The van der Waals surface area contributed by atoms with Crippen molar-refractivity contribution in [2.24, 2.45) is 0 Å². The first-order valence-corrected chi connectivity index (χ1v) is 10.5. The van der Waals surface area contributed by atoms with Gasteiger partial charge in [-0.3, -0.25) is 9.36 Å². The Hall–Kier alpha value is -3.78. The summed E-state index contributed by atoms with van der Waals surface area (Å²) in [5.41, 5.74) is 2.06. The number of H-pyrrole nitrogens is 1. The number of aromatic amines is 1. The lowest BCUT2D eigenvalue weighted by molar-refractivity contribution is 0.629. The van der Waals surface area contributed by atoms with Crippen LogP contribution in [-0.2, 0) is 0 Å². The molecule has 0 saturated carbocycles. The monoisotopic (exact) mass is 448 g/mol. The summed E-state index contributed by atoms with van der Waals surface area (Å²) in [5, 5.41) is 4.75. The zero-order valence-electron chi connectivity index (χ0n) is 17.0. The summed E-state index contributed by atoms with van der Waals surface area (Å²) >= 11 is 6.47. The zero-order chi connectivity index (χ0) is 22.2. The fourth-order valence-corrected chi connectivity index (χ4v) is 4.08. The lowest BCUT2D eigenvalue weighted by Gasteiger charge is -2.24. The van der Waals surface area contributed by atoms with Crippen LogP contribution in [0.3, 0.4) is 0 Å². The average Bonchev–Trinajstić information content (AvgIpc) is 3.28. The molecule has 0 spiro atoms. The van der Waals surface area contributed by atoms with Gasteiger partial charge in [0.1, 0.15) is 17.7 Å². The first kappa shape index (κ1) is 20.1. The van der Waals surface area contributed by atoms with Gasteiger partial charge in [-0.1, -0.05) is 36.7 Å². The lowest BCUT2D eigenvalue weighted by atomic mass is 10.0. The van der Waals surface area contributed by atoms with E-state index in [9.17, 15) is 9.18 Å². The highest BCUT2D eigenvalue weighted by Gasteiger charge is 2.21. The standard InChI is InChI=1S/C23H18ClFN6O/c1-2-17(30-22-20-21(27-11-26-20)28-12-29-22)19-9-13-7-8-14(25)10-15(13)23(32)31(19)18-6-4-3-5-16(18)24/h3-12,17H,2H2,1H3,(H2,26,27,28,29,30). The van der Waals surface area contributed by atoms with E-state index in [-0.39, 0.29) is 17.0 Å². The topological polar surface area (TPSA) is 88.5 Å². The van der Waals surface area contributed by atoms with E-state index >= 15 is 0 Å². The molecular formula is C23H18ClFN6O. The van der Waals surface area contributed by atoms with Crippen molar-refractivity contribution in [3.63, 3.8) is 0 Å². The summed E-state index contributed by atoms with van der Waals surface area (Å²) < 4.78 is 15.5. The van der Waals surface area contributed by atoms with E-state index in [1.807, 2.05) is 13.0 Å². The van der Waals surface area contributed by atoms with Crippen LogP contribution in [0.4, 0.5) is 10.2 Å². The molecule has 3 aromatic heterocycles. The predicted molar refractivity (Wildman–Crippen MR) is 123 cm³/mol. The Morgan fingerprint density at radius 2 is 2.00 bits per heavy atom. The van der Waals surface area contributed by atoms with Gasteiger partial charge < -0.3 is 10.3 Å². The van der Waals surface area contributed by atoms with E-state index in [0.717, 1.165) is 0 Å².